The molecule has 0 bridgehead atoms. The predicted molar refractivity (Wildman–Crippen MR) is 194 cm³/mol. The summed E-state index contributed by atoms with van der Waals surface area (Å²) < 4.78 is 41.4. The van der Waals surface area contributed by atoms with Crippen LogP contribution >= 0.6 is 11.6 Å². The minimum Gasteiger partial charge on any atom is -0.504 e. The molecule has 286 valence electrons. The Kier molecular flexibility index (Phi) is 9.89. The minimum absolute atomic E-state index is 0.0150. The molecule has 3 fully saturated rings. The van der Waals surface area contributed by atoms with Crippen LogP contribution in [0.3, 0.4) is 0 Å². The van der Waals surface area contributed by atoms with Crippen LogP contribution in [0.4, 0.5) is 30.4 Å². The Morgan fingerprint density at radius 2 is 1.85 bits per heavy atom. The van der Waals surface area contributed by atoms with E-state index in [4.69, 9.17) is 16.6 Å². The molecule has 0 unspecified atom stereocenters. The molecule has 0 spiro atoms. The second kappa shape index (κ2) is 14.3. The number of aryl methyl sites for hydroxylation is 1. The van der Waals surface area contributed by atoms with Crippen LogP contribution in [-0.4, -0.2) is 95.8 Å². The second-order valence-corrected chi connectivity index (χ2v) is 14.4. The number of carbonyl (C=O) groups is 2. The van der Waals surface area contributed by atoms with Crippen molar-refractivity contribution < 1.29 is 33.0 Å². The third kappa shape index (κ3) is 6.67. The average Bonchev–Trinajstić information content (AvgIpc) is 3.56. The minimum atomic E-state index is -4.62. The maximum atomic E-state index is 14.7. The Bertz CT molecular complexity index is 2200. The Labute approximate surface area is 312 Å². The number of alkyl halides is 3. The fraction of sp³-hybridized carbons (Fsp3) is 0.472. The number of aromatic nitrogens is 5. The van der Waals surface area contributed by atoms with Crippen molar-refractivity contribution in [1.82, 2.24) is 29.4 Å². The first-order valence-electron chi connectivity index (χ1n) is 17.8. The van der Waals surface area contributed by atoms with E-state index in [0.29, 0.717) is 49.3 Å². The molecule has 1 aromatic carbocycles. The lowest BCUT2D eigenvalue weighted by Gasteiger charge is -2.54. The van der Waals surface area contributed by atoms with Crippen LogP contribution in [0.5, 0.6) is 5.75 Å². The Morgan fingerprint density at radius 1 is 1.09 bits per heavy atom. The first-order chi connectivity index (χ1) is 25.7. The van der Waals surface area contributed by atoms with E-state index in [2.05, 4.69) is 20.3 Å². The zero-order valence-corrected chi connectivity index (χ0v) is 30.5. The molecule has 3 aliphatic rings. The quantitative estimate of drug-likeness (QED) is 0.234. The number of benzene rings is 1. The topological polar surface area (TPSA) is 170 Å². The summed E-state index contributed by atoms with van der Waals surface area (Å²) in [6.45, 7) is 3.52. The molecule has 4 aromatic rings. The number of carbonyl (C=O) groups excluding carboxylic acids is 2. The van der Waals surface area contributed by atoms with Crippen LogP contribution in [0.25, 0.3) is 11.2 Å². The fourth-order valence-corrected chi connectivity index (χ4v) is 8.07. The SMILES string of the molecule is CCc1c(N2CCN(C(=O)c3ncnc(C)c3O)[C@H]3CC[C@@H]32)c(=O)c2nc(N(C)[C@H]3CC[C@@H](O)C3)cnc2n1CC(=O)Nc1ccc(C(F)(F)F)cc1Cl. The number of halogens is 4. The number of nitrogens with one attached hydrogen (secondary N) is 1. The fourth-order valence-electron chi connectivity index (χ4n) is 7.84. The number of amides is 2. The van der Waals surface area contributed by atoms with Crippen molar-refractivity contribution in [3.8, 4) is 5.75 Å². The van der Waals surface area contributed by atoms with Gasteiger partial charge in [0.15, 0.2) is 22.6 Å². The standard InChI is InChI=1S/C36H39ClF3N9O5/c1-4-24-31(47-11-12-48(26-10-9-25(26)47)35(54)30-32(52)18(2)42-17-43-30)33(53)29-34(41-15-27(45-29)46(3)20-6-7-21(50)14-20)49(24)16-28(51)44-23-8-5-19(13-22(23)37)36(38,39)40/h5,8,13,15,17,20-21,25-26,50,52H,4,6-7,9-12,14,16H2,1-3H3,(H,44,51)/t20-,21+,25-,26-/m0/s1. The average molecular weight is 770 g/mol. The number of nitrogens with zero attached hydrogens (tertiary/aromatic N) is 8. The monoisotopic (exact) mass is 769 g/mol. The highest BCUT2D eigenvalue weighted by Gasteiger charge is 2.47. The lowest BCUT2D eigenvalue weighted by Crippen LogP contribution is -2.67. The van der Waals surface area contributed by atoms with Gasteiger partial charge in [-0.25, -0.2) is 19.9 Å². The van der Waals surface area contributed by atoms with Crippen molar-refractivity contribution in [2.24, 2.45) is 0 Å². The summed E-state index contributed by atoms with van der Waals surface area (Å²) in [5.41, 5.74) is -0.219. The summed E-state index contributed by atoms with van der Waals surface area (Å²) in [5.74, 6) is -0.928. The molecular weight excluding hydrogens is 731 g/mol. The molecule has 3 aromatic heterocycles. The number of anilines is 3. The van der Waals surface area contributed by atoms with Crippen molar-refractivity contribution in [1.29, 1.82) is 0 Å². The van der Waals surface area contributed by atoms with Crippen molar-refractivity contribution in [2.75, 3.05) is 35.3 Å². The highest BCUT2D eigenvalue weighted by Crippen LogP contribution is 2.39. The van der Waals surface area contributed by atoms with Crippen LogP contribution in [0.1, 0.15) is 66.5 Å². The van der Waals surface area contributed by atoms with Gasteiger partial charge in [0.05, 0.1) is 40.3 Å². The van der Waals surface area contributed by atoms with Gasteiger partial charge in [-0.15, -0.1) is 0 Å². The van der Waals surface area contributed by atoms with Gasteiger partial charge in [-0.3, -0.25) is 14.4 Å². The molecule has 4 atom stereocenters. The highest BCUT2D eigenvalue weighted by molar-refractivity contribution is 6.33. The summed E-state index contributed by atoms with van der Waals surface area (Å²) in [7, 11) is 1.83. The van der Waals surface area contributed by atoms with E-state index in [1.807, 2.05) is 23.8 Å². The number of hydrogen-bond acceptors (Lipinski definition) is 11. The highest BCUT2D eigenvalue weighted by atomic mass is 35.5. The number of piperazine rings is 1. The third-order valence-corrected chi connectivity index (χ3v) is 11.2. The molecule has 2 aliphatic carbocycles. The third-order valence-electron chi connectivity index (χ3n) is 10.9. The molecule has 54 heavy (non-hydrogen) atoms. The Balaban J connectivity index is 1.28. The normalized spacial score (nSPS) is 21.2. The van der Waals surface area contributed by atoms with Crippen LogP contribution < -0.4 is 20.5 Å². The van der Waals surface area contributed by atoms with Gasteiger partial charge in [-0.05, 0) is 63.6 Å². The molecule has 1 aliphatic heterocycles. The number of fused-ring (bicyclic) bond motifs is 2. The van der Waals surface area contributed by atoms with E-state index in [-0.39, 0.29) is 76.8 Å². The van der Waals surface area contributed by atoms with Crippen LogP contribution in [0, 0.1) is 6.92 Å². The number of hydrogen-bond donors (Lipinski definition) is 3. The van der Waals surface area contributed by atoms with Gasteiger partial charge in [0.2, 0.25) is 11.3 Å². The Morgan fingerprint density at radius 3 is 2.50 bits per heavy atom. The van der Waals surface area contributed by atoms with E-state index in [0.717, 1.165) is 24.6 Å². The van der Waals surface area contributed by atoms with Gasteiger partial charge >= 0.3 is 6.18 Å². The number of rotatable bonds is 8. The van der Waals surface area contributed by atoms with Gasteiger partial charge < -0.3 is 34.8 Å². The van der Waals surface area contributed by atoms with E-state index < -0.39 is 35.1 Å². The number of aromatic hydroxyl groups is 1. The maximum Gasteiger partial charge on any atom is 0.416 e. The van der Waals surface area contributed by atoms with Crippen molar-refractivity contribution >= 4 is 51.8 Å². The zero-order chi connectivity index (χ0) is 38.6. The molecule has 18 heteroatoms. The molecule has 2 amide bonds. The van der Waals surface area contributed by atoms with Crippen LogP contribution in [0.15, 0.2) is 35.5 Å². The molecule has 7 rings (SSSR count). The van der Waals surface area contributed by atoms with Gasteiger partial charge in [0, 0.05) is 37.9 Å². The molecule has 2 saturated carbocycles. The smallest absolute Gasteiger partial charge is 0.416 e. The van der Waals surface area contributed by atoms with Crippen LogP contribution in [-0.2, 0) is 23.9 Å². The van der Waals surface area contributed by atoms with E-state index >= 15 is 0 Å². The van der Waals surface area contributed by atoms with Gasteiger partial charge in [-0.2, -0.15) is 13.2 Å². The molecule has 3 N–H and O–H groups in total. The summed E-state index contributed by atoms with van der Waals surface area (Å²) >= 11 is 6.16. The lowest BCUT2D eigenvalue weighted by molar-refractivity contribution is -0.137. The molecule has 0 radical (unpaired) electrons. The summed E-state index contributed by atoms with van der Waals surface area (Å²) in [5, 5.41) is 23.0. The molecule has 4 heterocycles. The first-order valence-corrected chi connectivity index (χ1v) is 18.1. The first kappa shape index (κ1) is 37.3. The molecule has 1 saturated heterocycles. The zero-order valence-electron chi connectivity index (χ0n) is 29.8. The van der Waals surface area contributed by atoms with Crippen molar-refractivity contribution in [2.45, 2.75) is 89.3 Å². The van der Waals surface area contributed by atoms with Crippen LogP contribution in [0.2, 0.25) is 5.02 Å². The number of aliphatic hydroxyl groups excluding tert-OH is 1. The van der Waals surface area contributed by atoms with Crippen molar-refractivity contribution in [3.63, 3.8) is 0 Å². The molecular formula is C36H39ClF3N9O5. The lowest BCUT2D eigenvalue weighted by atomic mass is 9.81. The summed E-state index contributed by atoms with van der Waals surface area (Å²) in [6, 6.07) is 2.06. The molecule has 14 nitrogen and oxygen atoms in total. The van der Waals surface area contributed by atoms with Crippen molar-refractivity contribution in [3.05, 3.63) is 68.6 Å². The summed E-state index contributed by atoms with van der Waals surface area (Å²) in [4.78, 5) is 65.0. The predicted octanol–water partition coefficient (Wildman–Crippen LogP) is 4.31. The number of pyridine rings is 1. The Hall–Kier alpha value is -5.03. The van der Waals surface area contributed by atoms with Gasteiger partial charge in [0.1, 0.15) is 24.4 Å². The van der Waals surface area contributed by atoms with E-state index in [9.17, 15) is 37.8 Å². The maximum absolute atomic E-state index is 14.7. The van der Waals surface area contributed by atoms with Gasteiger partial charge in [0.25, 0.3) is 5.91 Å². The largest absolute Gasteiger partial charge is 0.504 e. The van der Waals surface area contributed by atoms with Gasteiger partial charge in [-0.1, -0.05) is 18.5 Å². The second-order valence-electron chi connectivity index (χ2n) is 14.0. The number of aliphatic hydroxyl groups is 1. The van der Waals surface area contributed by atoms with E-state index in [1.54, 1.807) is 16.4 Å². The summed E-state index contributed by atoms with van der Waals surface area (Å²) in [6.07, 6.45) is 1.19. The van der Waals surface area contributed by atoms with E-state index in [1.165, 1.54) is 12.5 Å².